The quantitative estimate of drug-likeness (QED) is 0.825. The van der Waals surface area contributed by atoms with E-state index in [4.69, 9.17) is 4.74 Å². The number of fused-ring (bicyclic) bond motifs is 1. The zero-order chi connectivity index (χ0) is 13.8. The fourth-order valence-electron chi connectivity index (χ4n) is 2.51. The highest BCUT2D eigenvalue weighted by Crippen LogP contribution is 2.32. The van der Waals surface area contributed by atoms with Gasteiger partial charge in [-0.2, -0.15) is 0 Å². The molecule has 0 radical (unpaired) electrons. The second-order valence-electron chi connectivity index (χ2n) is 4.98. The van der Waals surface area contributed by atoms with Crippen LogP contribution in [-0.2, 0) is 19.5 Å². The highest BCUT2D eigenvalue weighted by Gasteiger charge is 2.16. The van der Waals surface area contributed by atoms with Gasteiger partial charge >= 0.3 is 0 Å². The molecule has 0 fully saturated rings. The lowest BCUT2D eigenvalue weighted by Crippen LogP contribution is -2.16. The number of aromatic nitrogens is 2. The molecule has 2 aromatic rings. The summed E-state index contributed by atoms with van der Waals surface area (Å²) >= 11 is 3.57. The Morgan fingerprint density at radius 1 is 1.40 bits per heavy atom. The number of hydrogen-bond donors (Lipinski definition) is 1. The Morgan fingerprint density at radius 3 is 3.20 bits per heavy atom. The van der Waals surface area contributed by atoms with Gasteiger partial charge in [-0.05, 0) is 30.7 Å². The molecule has 4 nitrogen and oxygen atoms in total. The summed E-state index contributed by atoms with van der Waals surface area (Å²) in [4.78, 5) is 4.04. The molecular formula is C15H18BrN3O. The van der Waals surface area contributed by atoms with Gasteiger partial charge < -0.3 is 14.6 Å². The molecule has 1 aliphatic rings. The van der Waals surface area contributed by atoms with E-state index < -0.39 is 0 Å². The van der Waals surface area contributed by atoms with Crippen LogP contribution in [0.1, 0.15) is 17.5 Å². The molecule has 2 heterocycles. The molecule has 0 spiro atoms. The molecule has 3 rings (SSSR count). The molecule has 0 saturated heterocycles. The first-order chi connectivity index (χ1) is 9.83. The molecule has 1 N–H and O–H groups in total. The predicted molar refractivity (Wildman–Crippen MR) is 81.9 cm³/mol. The van der Waals surface area contributed by atoms with Gasteiger partial charge in [0.2, 0.25) is 0 Å². The second-order valence-corrected chi connectivity index (χ2v) is 5.90. The van der Waals surface area contributed by atoms with E-state index in [0.717, 1.165) is 49.3 Å². The Balaban J connectivity index is 1.49. The number of halogens is 1. The van der Waals surface area contributed by atoms with Crippen molar-refractivity contribution in [1.82, 2.24) is 14.9 Å². The summed E-state index contributed by atoms with van der Waals surface area (Å²) in [7, 11) is 0. The summed E-state index contributed by atoms with van der Waals surface area (Å²) in [6.07, 6.45) is 7.77. The minimum Gasteiger partial charge on any atom is -0.493 e. The Bertz CT molecular complexity index is 569. The van der Waals surface area contributed by atoms with Gasteiger partial charge in [0.15, 0.2) is 0 Å². The van der Waals surface area contributed by atoms with Crippen LogP contribution in [0.3, 0.4) is 0 Å². The number of imidazole rings is 1. The van der Waals surface area contributed by atoms with Gasteiger partial charge in [0.05, 0.1) is 12.9 Å². The molecular weight excluding hydrogens is 318 g/mol. The van der Waals surface area contributed by atoms with E-state index in [1.807, 2.05) is 18.7 Å². The van der Waals surface area contributed by atoms with E-state index in [-0.39, 0.29) is 0 Å². The number of hydrogen-bond acceptors (Lipinski definition) is 3. The van der Waals surface area contributed by atoms with Crippen LogP contribution in [0, 0.1) is 0 Å². The zero-order valence-corrected chi connectivity index (χ0v) is 12.9. The summed E-state index contributed by atoms with van der Waals surface area (Å²) in [6.45, 7) is 3.64. The van der Waals surface area contributed by atoms with Gasteiger partial charge in [0, 0.05) is 41.9 Å². The summed E-state index contributed by atoms with van der Waals surface area (Å²) in [6, 6.07) is 4.30. The maximum atomic E-state index is 5.73. The molecule has 5 heteroatoms. The molecule has 0 amide bonds. The van der Waals surface area contributed by atoms with Crippen molar-refractivity contribution in [3.8, 4) is 5.75 Å². The topological polar surface area (TPSA) is 39.1 Å². The number of nitrogens with one attached hydrogen (secondary N) is 1. The minimum absolute atomic E-state index is 0.805. The van der Waals surface area contributed by atoms with E-state index in [1.165, 1.54) is 11.1 Å². The highest BCUT2D eigenvalue weighted by atomic mass is 79.9. The van der Waals surface area contributed by atoms with E-state index in [9.17, 15) is 0 Å². The van der Waals surface area contributed by atoms with Crippen LogP contribution in [-0.4, -0.2) is 22.7 Å². The molecule has 20 heavy (non-hydrogen) atoms. The minimum atomic E-state index is 0.805. The smallest absolute Gasteiger partial charge is 0.127 e. The van der Waals surface area contributed by atoms with Crippen LogP contribution in [0.25, 0.3) is 0 Å². The van der Waals surface area contributed by atoms with Crippen molar-refractivity contribution in [2.45, 2.75) is 25.9 Å². The highest BCUT2D eigenvalue weighted by molar-refractivity contribution is 9.10. The van der Waals surface area contributed by atoms with Gasteiger partial charge in [-0.3, -0.25) is 0 Å². The number of nitrogens with zero attached hydrogens (tertiary/aromatic N) is 2. The van der Waals surface area contributed by atoms with Crippen molar-refractivity contribution in [2.75, 3.05) is 13.2 Å². The lowest BCUT2D eigenvalue weighted by Gasteiger charge is -2.10. The normalized spacial score (nSPS) is 13.2. The average Bonchev–Trinajstić information content (AvgIpc) is 3.08. The lowest BCUT2D eigenvalue weighted by atomic mass is 10.1. The van der Waals surface area contributed by atoms with Gasteiger partial charge in [-0.25, -0.2) is 4.98 Å². The van der Waals surface area contributed by atoms with Crippen molar-refractivity contribution < 1.29 is 4.74 Å². The lowest BCUT2D eigenvalue weighted by molar-refractivity contribution is 0.352. The molecule has 0 bridgehead atoms. The molecule has 0 atom stereocenters. The zero-order valence-electron chi connectivity index (χ0n) is 11.3. The molecule has 0 saturated carbocycles. The average molecular weight is 336 g/mol. The number of rotatable bonds is 6. The summed E-state index contributed by atoms with van der Waals surface area (Å²) < 4.78 is 8.96. The SMILES string of the molecule is Brc1cc2c(c(CNCCCn3ccnc3)c1)OCC2. The van der Waals surface area contributed by atoms with Crippen LogP contribution in [0.15, 0.2) is 35.3 Å². The van der Waals surface area contributed by atoms with Crippen molar-refractivity contribution in [2.24, 2.45) is 0 Å². The number of benzene rings is 1. The van der Waals surface area contributed by atoms with Gasteiger partial charge in [0.25, 0.3) is 0 Å². The summed E-state index contributed by atoms with van der Waals surface area (Å²) in [5.74, 6) is 1.08. The first-order valence-electron chi connectivity index (χ1n) is 6.93. The maximum absolute atomic E-state index is 5.73. The van der Waals surface area contributed by atoms with Crippen LogP contribution in [0.2, 0.25) is 0 Å². The van der Waals surface area contributed by atoms with E-state index in [2.05, 4.69) is 42.9 Å². The number of ether oxygens (including phenoxy) is 1. The Hall–Kier alpha value is -1.33. The van der Waals surface area contributed by atoms with Crippen LogP contribution < -0.4 is 10.1 Å². The maximum Gasteiger partial charge on any atom is 0.127 e. The fraction of sp³-hybridized carbons (Fsp3) is 0.400. The molecule has 1 aromatic carbocycles. The Labute approximate surface area is 127 Å². The third-order valence-electron chi connectivity index (χ3n) is 3.47. The molecule has 1 aliphatic heterocycles. The summed E-state index contributed by atoms with van der Waals surface area (Å²) in [5, 5.41) is 3.49. The molecule has 106 valence electrons. The first-order valence-corrected chi connectivity index (χ1v) is 7.73. The monoisotopic (exact) mass is 335 g/mol. The Morgan fingerprint density at radius 2 is 2.35 bits per heavy atom. The van der Waals surface area contributed by atoms with Crippen molar-refractivity contribution in [3.63, 3.8) is 0 Å². The van der Waals surface area contributed by atoms with E-state index >= 15 is 0 Å². The predicted octanol–water partition coefficient (Wildman–Crippen LogP) is 2.76. The standard InChI is InChI=1S/C15H18BrN3O/c16-14-8-12-2-7-20-15(12)13(9-14)10-17-3-1-5-19-6-4-18-11-19/h4,6,8-9,11,17H,1-3,5,7,10H2. The van der Waals surface area contributed by atoms with Crippen LogP contribution >= 0.6 is 15.9 Å². The summed E-state index contributed by atoms with van der Waals surface area (Å²) in [5.41, 5.74) is 2.56. The van der Waals surface area contributed by atoms with Crippen LogP contribution in [0.5, 0.6) is 5.75 Å². The Kier molecular flexibility index (Phi) is 4.38. The van der Waals surface area contributed by atoms with Crippen LogP contribution in [0.4, 0.5) is 0 Å². The number of aryl methyl sites for hydroxylation is 1. The third-order valence-corrected chi connectivity index (χ3v) is 3.93. The van der Waals surface area contributed by atoms with Crippen molar-refractivity contribution in [3.05, 3.63) is 46.5 Å². The fourth-order valence-corrected chi connectivity index (χ4v) is 3.06. The second kappa shape index (κ2) is 6.41. The molecule has 0 aliphatic carbocycles. The van der Waals surface area contributed by atoms with Gasteiger partial charge in [-0.1, -0.05) is 15.9 Å². The first kappa shape index (κ1) is 13.6. The molecule has 1 aromatic heterocycles. The van der Waals surface area contributed by atoms with Crippen molar-refractivity contribution in [1.29, 1.82) is 0 Å². The van der Waals surface area contributed by atoms with Gasteiger partial charge in [0.1, 0.15) is 5.75 Å². The van der Waals surface area contributed by atoms with Gasteiger partial charge in [-0.15, -0.1) is 0 Å². The van der Waals surface area contributed by atoms with E-state index in [1.54, 1.807) is 0 Å². The van der Waals surface area contributed by atoms with E-state index in [0.29, 0.717) is 0 Å². The van der Waals surface area contributed by atoms with Crippen molar-refractivity contribution >= 4 is 15.9 Å². The molecule has 0 unspecified atom stereocenters. The largest absolute Gasteiger partial charge is 0.493 e. The third kappa shape index (κ3) is 3.22.